The van der Waals surface area contributed by atoms with Crippen LogP contribution in [-0.2, 0) is 0 Å². The van der Waals surface area contributed by atoms with Crippen molar-refractivity contribution < 1.29 is 0 Å². The van der Waals surface area contributed by atoms with Gasteiger partial charge < -0.3 is 4.90 Å². The predicted octanol–water partition coefficient (Wildman–Crippen LogP) is 4.22. The highest BCUT2D eigenvalue weighted by Crippen LogP contribution is 2.40. The van der Waals surface area contributed by atoms with E-state index in [0.29, 0.717) is 12.1 Å². The summed E-state index contributed by atoms with van der Waals surface area (Å²) in [5.41, 5.74) is 8.85. The minimum absolute atomic E-state index is 0.698. The number of hydrogen-bond acceptors (Lipinski definition) is 1. The van der Waals surface area contributed by atoms with E-state index in [1.165, 1.54) is 39.9 Å². The second-order valence-electron chi connectivity index (χ2n) is 5.81. The fourth-order valence-electron chi connectivity index (χ4n) is 3.33. The van der Waals surface area contributed by atoms with Crippen molar-refractivity contribution >= 4 is 5.69 Å². The van der Waals surface area contributed by atoms with Crippen LogP contribution in [0.2, 0.25) is 0 Å². The third kappa shape index (κ3) is 1.67. The molecular formula is C16H25N. The fourth-order valence-corrected chi connectivity index (χ4v) is 3.33. The molecule has 1 aliphatic heterocycles. The summed E-state index contributed by atoms with van der Waals surface area (Å²) >= 11 is 0. The first-order valence-electron chi connectivity index (χ1n) is 6.71. The lowest BCUT2D eigenvalue weighted by atomic mass is 9.87. The van der Waals surface area contributed by atoms with Crippen LogP contribution in [0, 0.1) is 34.6 Å². The molecule has 0 aliphatic carbocycles. The molecule has 0 amide bonds. The van der Waals surface area contributed by atoms with Crippen LogP contribution in [0.25, 0.3) is 0 Å². The molecule has 0 aromatic heterocycles. The third-order valence-electron chi connectivity index (χ3n) is 4.85. The van der Waals surface area contributed by atoms with Crippen LogP contribution < -0.4 is 4.90 Å². The second-order valence-corrected chi connectivity index (χ2v) is 5.81. The van der Waals surface area contributed by atoms with Crippen molar-refractivity contribution in [3.8, 4) is 0 Å². The maximum atomic E-state index is 2.60. The van der Waals surface area contributed by atoms with Gasteiger partial charge in [-0.3, -0.25) is 0 Å². The van der Waals surface area contributed by atoms with Gasteiger partial charge in [0.25, 0.3) is 0 Å². The van der Waals surface area contributed by atoms with E-state index >= 15 is 0 Å². The van der Waals surface area contributed by atoms with Crippen molar-refractivity contribution in [3.63, 3.8) is 0 Å². The maximum absolute atomic E-state index is 2.60. The van der Waals surface area contributed by atoms with E-state index in [-0.39, 0.29) is 0 Å². The van der Waals surface area contributed by atoms with E-state index in [2.05, 4.69) is 53.4 Å². The summed E-state index contributed by atoms with van der Waals surface area (Å²) in [6, 6.07) is 1.40. The third-order valence-corrected chi connectivity index (χ3v) is 4.85. The van der Waals surface area contributed by atoms with E-state index in [1.54, 1.807) is 0 Å². The smallest absolute Gasteiger partial charge is 0.0436 e. The molecule has 1 saturated heterocycles. The van der Waals surface area contributed by atoms with Crippen molar-refractivity contribution in [2.24, 2.45) is 0 Å². The molecule has 1 aromatic carbocycles. The van der Waals surface area contributed by atoms with Crippen molar-refractivity contribution in [1.29, 1.82) is 0 Å². The van der Waals surface area contributed by atoms with Crippen molar-refractivity contribution in [2.75, 3.05) is 4.90 Å². The molecule has 1 heterocycles. The Balaban J connectivity index is 2.62. The first-order chi connectivity index (χ1) is 7.86. The van der Waals surface area contributed by atoms with Crippen LogP contribution in [0.3, 0.4) is 0 Å². The highest BCUT2D eigenvalue weighted by Gasteiger charge is 2.34. The minimum Gasteiger partial charge on any atom is -0.366 e. The second kappa shape index (κ2) is 4.04. The first-order valence-corrected chi connectivity index (χ1v) is 6.71. The standard InChI is InChI=1S/C16H25N/c1-9-8-10(2)17(9)16-14(6)12(4)11(3)13(5)15(16)7/h9-10H,8H2,1-7H3. The van der Waals surface area contributed by atoms with Crippen LogP contribution in [-0.4, -0.2) is 12.1 Å². The Bertz CT molecular complexity index is 422. The van der Waals surface area contributed by atoms with Gasteiger partial charge in [0, 0.05) is 17.8 Å². The predicted molar refractivity (Wildman–Crippen MR) is 76.1 cm³/mol. The van der Waals surface area contributed by atoms with E-state index in [4.69, 9.17) is 0 Å². The van der Waals surface area contributed by atoms with E-state index in [1.807, 2.05) is 0 Å². The molecule has 17 heavy (non-hydrogen) atoms. The molecule has 1 heteroatoms. The van der Waals surface area contributed by atoms with E-state index in [9.17, 15) is 0 Å². The average Bonchev–Trinajstić information content (AvgIpc) is 2.29. The lowest BCUT2D eigenvalue weighted by Gasteiger charge is -2.49. The SMILES string of the molecule is Cc1c(C)c(C)c(N2C(C)CC2C)c(C)c1C. The summed E-state index contributed by atoms with van der Waals surface area (Å²) in [5, 5.41) is 0. The lowest BCUT2D eigenvalue weighted by molar-refractivity contribution is 0.379. The molecule has 1 aliphatic rings. The molecular weight excluding hydrogens is 206 g/mol. The molecule has 1 nitrogen and oxygen atoms in total. The van der Waals surface area contributed by atoms with E-state index < -0.39 is 0 Å². The molecule has 94 valence electrons. The molecule has 2 rings (SSSR count). The van der Waals surface area contributed by atoms with Gasteiger partial charge in [0.05, 0.1) is 0 Å². The summed E-state index contributed by atoms with van der Waals surface area (Å²) in [4.78, 5) is 2.60. The van der Waals surface area contributed by atoms with Crippen molar-refractivity contribution in [2.45, 2.75) is 67.0 Å². The molecule has 0 radical (unpaired) electrons. The highest BCUT2D eigenvalue weighted by molar-refractivity contribution is 5.68. The summed E-state index contributed by atoms with van der Waals surface area (Å²) in [6.07, 6.45) is 1.32. The zero-order chi connectivity index (χ0) is 12.9. The quantitative estimate of drug-likeness (QED) is 0.699. The molecule has 1 fully saturated rings. The van der Waals surface area contributed by atoms with Crippen LogP contribution >= 0.6 is 0 Å². The molecule has 0 spiro atoms. The van der Waals surface area contributed by atoms with Crippen molar-refractivity contribution in [3.05, 3.63) is 27.8 Å². The summed E-state index contributed by atoms with van der Waals surface area (Å²) in [7, 11) is 0. The van der Waals surface area contributed by atoms with Crippen LogP contribution in [0.15, 0.2) is 0 Å². The average molecular weight is 231 g/mol. The zero-order valence-corrected chi connectivity index (χ0v) is 12.3. The van der Waals surface area contributed by atoms with Crippen LogP contribution in [0.1, 0.15) is 48.1 Å². The highest BCUT2D eigenvalue weighted by atomic mass is 15.2. The molecule has 2 atom stereocenters. The number of benzene rings is 1. The van der Waals surface area contributed by atoms with Crippen LogP contribution in [0.4, 0.5) is 5.69 Å². The monoisotopic (exact) mass is 231 g/mol. The molecule has 0 saturated carbocycles. The fraction of sp³-hybridized carbons (Fsp3) is 0.625. The van der Waals surface area contributed by atoms with Crippen LogP contribution in [0.5, 0.6) is 0 Å². The van der Waals surface area contributed by atoms with Gasteiger partial charge in [-0.1, -0.05) is 0 Å². The number of nitrogens with zero attached hydrogens (tertiary/aromatic N) is 1. The van der Waals surface area contributed by atoms with Gasteiger partial charge in [-0.05, 0) is 82.7 Å². The normalized spacial score (nSPS) is 23.8. The Morgan fingerprint density at radius 3 is 1.41 bits per heavy atom. The Hall–Kier alpha value is -0.980. The van der Waals surface area contributed by atoms with Gasteiger partial charge in [-0.2, -0.15) is 0 Å². The molecule has 0 bridgehead atoms. The lowest BCUT2D eigenvalue weighted by Crippen LogP contribution is -2.53. The topological polar surface area (TPSA) is 3.24 Å². The largest absolute Gasteiger partial charge is 0.366 e. The van der Waals surface area contributed by atoms with E-state index in [0.717, 1.165) is 0 Å². The number of rotatable bonds is 1. The van der Waals surface area contributed by atoms with Gasteiger partial charge in [0.2, 0.25) is 0 Å². The van der Waals surface area contributed by atoms with Gasteiger partial charge >= 0.3 is 0 Å². The summed E-state index contributed by atoms with van der Waals surface area (Å²) in [6.45, 7) is 16.0. The first kappa shape index (κ1) is 12.5. The summed E-state index contributed by atoms with van der Waals surface area (Å²) < 4.78 is 0. The Kier molecular flexibility index (Phi) is 2.97. The number of hydrogen-bond donors (Lipinski definition) is 0. The van der Waals surface area contributed by atoms with Gasteiger partial charge in [-0.25, -0.2) is 0 Å². The molecule has 2 unspecified atom stereocenters. The van der Waals surface area contributed by atoms with Gasteiger partial charge in [0.15, 0.2) is 0 Å². The zero-order valence-electron chi connectivity index (χ0n) is 12.3. The Labute approximate surface area is 106 Å². The minimum atomic E-state index is 0.698. The van der Waals surface area contributed by atoms with Gasteiger partial charge in [-0.15, -0.1) is 0 Å². The van der Waals surface area contributed by atoms with Gasteiger partial charge in [0.1, 0.15) is 0 Å². The Morgan fingerprint density at radius 1 is 0.706 bits per heavy atom. The maximum Gasteiger partial charge on any atom is 0.0436 e. The Morgan fingerprint density at radius 2 is 1.06 bits per heavy atom. The van der Waals surface area contributed by atoms with Crippen molar-refractivity contribution in [1.82, 2.24) is 0 Å². The number of anilines is 1. The molecule has 1 aromatic rings. The molecule has 0 N–H and O–H groups in total. The summed E-state index contributed by atoms with van der Waals surface area (Å²) in [5.74, 6) is 0.